The highest BCUT2D eigenvalue weighted by Gasteiger charge is 2.42. The summed E-state index contributed by atoms with van der Waals surface area (Å²) < 4.78 is 12.1. The maximum Gasteiger partial charge on any atom is 0.338 e. The summed E-state index contributed by atoms with van der Waals surface area (Å²) in [6, 6.07) is 24.6. The number of methoxy groups -OCH3 is 2. The molecule has 0 radical (unpaired) electrons. The number of ether oxygens (including phenoxy) is 2. The molecule has 94 heavy (non-hydrogen) atoms. The van der Waals surface area contributed by atoms with E-state index in [9.17, 15) is 62.3 Å². The van der Waals surface area contributed by atoms with Gasteiger partial charge in [-0.15, -0.1) is 12.4 Å². The Hall–Kier alpha value is -8.37. The molecule has 0 bridgehead atoms. The first-order valence-electron chi connectivity index (χ1n) is 28.7. The van der Waals surface area contributed by atoms with Crippen molar-refractivity contribution in [2.75, 3.05) is 14.2 Å². The monoisotopic (exact) mass is 1560 g/mol. The van der Waals surface area contributed by atoms with Crippen molar-refractivity contribution in [1.82, 2.24) is 36.0 Å². The highest BCUT2D eigenvalue weighted by Crippen LogP contribution is 2.33. The number of esters is 2. The van der Waals surface area contributed by atoms with Gasteiger partial charge in [-0.3, -0.25) is 74.0 Å². The maximum absolute atomic E-state index is 12.4. The number of nitrogens with one attached hydrogen (secondary N) is 4. The number of hydrogen-bond donors (Lipinski definition) is 6. The van der Waals surface area contributed by atoms with Crippen molar-refractivity contribution < 1.29 is 71.8 Å². The number of halogens is 5. The minimum Gasteiger partial charge on any atom is -0.465 e. The molecule has 0 aliphatic carbocycles. The Morgan fingerprint density at radius 2 is 0.947 bits per heavy atom. The van der Waals surface area contributed by atoms with Gasteiger partial charge in [0.05, 0.1) is 38.0 Å². The predicted octanol–water partition coefficient (Wildman–Crippen LogP) is 6.96. The van der Waals surface area contributed by atoms with E-state index in [2.05, 4.69) is 99.3 Å². The Labute approximate surface area is 579 Å². The van der Waals surface area contributed by atoms with Crippen LogP contribution in [0.2, 0.25) is 0 Å². The molecule has 12 rings (SSSR count). The van der Waals surface area contributed by atoms with Gasteiger partial charge in [-0.1, -0.05) is 94.1 Å². The van der Waals surface area contributed by atoms with Gasteiger partial charge in [0.1, 0.15) is 18.1 Å². The summed E-state index contributed by atoms with van der Waals surface area (Å²) in [7, 11) is 2.76. The third-order valence-corrected chi connectivity index (χ3v) is 17.5. The second kappa shape index (κ2) is 34.2. The van der Waals surface area contributed by atoms with Gasteiger partial charge in [0.25, 0.3) is 17.7 Å². The largest absolute Gasteiger partial charge is 0.465 e. The number of benzene rings is 5. The quantitative estimate of drug-likeness (QED) is 0.0415. The van der Waals surface area contributed by atoms with E-state index in [1.165, 1.54) is 24.0 Å². The maximum atomic E-state index is 12.4. The molecule has 8 N–H and O–H groups in total. The fourth-order valence-electron chi connectivity index (χ4n) is 10.6. The summed E-state index contributed by atoms with van der Waals surface area (Å²) in [5.41, 5.74) is 19.6. The molecule has 4 atom stereocenters. The number of fused-ring (bicyclic) bond motifs is 3. The Morgan fingerprint density at radius 3 is 1.39 bits per heavy atom. The van der Waals surface area contributed by atoms with Gasteiger partial charge in [0.15, 0.2) is 5.69 Å². The number of nitrogens with two attached hydrogens (primary N) is 2. The number of piperidine rings is 4. The minimum absolute atomic E-state index is 0. The second-order valence-corrected chi connectivity index (χ2v) is 24.9. The van der Waals surface area contributed by atoms with Crippen LogP contribution in [0.5, 0.6) is 0 Å². The smallest absolute Gasteiger partial charge is 0.338 e. The second-order valence-electron chi connectivity index (χ2n) is 21.6. The van der Waals surface area contributed by atoms with Crippen molar-refractivity contribution in [2.45, 2.75) is 114 Å². The van der Waals surface area contributed by atoms with E-state index in [0.717, 1.165) is 46.8 Å². The fourth-order valence-corrected chi connectivity index (χ4v) is 12.3. The molecule has 4 saturated heterocycles. The van der Waals surface area contributed by atoms with E-state index >= 15 is 0 Å². The lowest BCUT2D eigenvalue weighted by Crippen LogP contribution is -2.52. The lowest BCUT2D eigenvalue weighted by molar-refractivity contribution is -0.138. The highest BCUT2D eigenvalue weighted by molar-refractivity contribution is 9.11. The van der Waals surface area contributed by atoms with Crippen LogP contribution in [0.4, 0.5) is 5.69 Å². The molecule has 0 aromatic heterocycles. The van der Waals surface area contributed by atoms with E-state index in [0.29, 0.717) is 97.1 Å². The van der Waals surface area contributed by atoms with Crippen LogP contribution in [-0.4, -0.2) is 130 Å². The van der Waals surface area contributed by atoms with Gasteiger partial charge in [0, 0.05) is 87.3 Å². The van der Waals surface area contributed by atoms with Gasteiger partial charge in [-0.2, -0.15) is 0 Å². The molecule has 0 saturated carbocycles. The molecule has 7 aliphatic heterocycles. The van der Waals surface area contributed by atoms with Crippen molar-refractivity contribution in [3.8, 4) is 0 Å². The number of alkyl halides is 1. The van der Waals surface area contributed by atoms with Crippen molar-refractivity contribution in [2.24, 2.45) is 11.5 Å². The number of imide groups is 4. The molecule has 30 heteroatoms. The van der Waals surface area contributed by atoms with Crippen molar-refractivity contribution in [1.29, 1.82) is 0 Å². The third-order valence-electron chi connectivity index (χ3n) is 15.4. The summed E-state index contributed by atoms with van der Waals surface area (Å²) in [5.74, 6) is -3.73. The Balaban J connectivity index is 0.000000182. The zero-order chi connectivity index (χ0) is 68.0. The van der Waals surface area contributed by atoms with Gasteiger partial charge >= 0.3 is 11.9 Å². The molecule has 4 fully saturated rings. The van der Waals surface area contributed by atoms with Crippen molar-refractivity contribution >= 4 is 159 Å². The molecule has 5 aromatic carbocycles. The first-order valence-corrected chi connectivity index (χ1v) is 32.2. The van der Waals surface area contributed by atoms with Crippen LogP contribution in [0.25, 0.3) is 4.85 Å². The van der Waals surface area contributed by atoms with Crippen LogP contribution in [0, 0.1) is 13.5 Å². The summed E-state index contributed by atoms with van der Waals surface area (Å²) in [5, 5.41) is 9.59. The predicted molar refractivity (Wildman–Crippen MR) is 355 cm³/mol. The van der Waals surface area contributed by atoms with E-state index < -0.39 is 30.1 Å². The zero-order valence-corrected chi connectivity index (χ0v) is 57.8. The first-order chi connectivity index (χ1) is 44.3. The standard InChI is InChI=1S/C14H11N3O3.C14H15N3O3.C13H11BrN2O3.C9H8Br2O2.C9H9BrO2.C5H8N2O2.ClH/c1-15-9-2-3-10-8(6-9)7-17(14(10)20)11-4-5-12(18)16-13(11)19;15-6-8-1-2-9-7-17(14(20)10(9)5-8)11-3-4-12(18)16-13(11)19;14-8-1-2-9-7(5-8)6-16(13(9)19)10-3-4-11(17)15-12(10)18;1-13-9(12)8-3-2-7(11)4-6(8)5-10;1-6-5-7(10)3-4-8(6)9(11)12-2;6-3-1-2-4(8)7-5(3)9;/h2-3,6,11H,4-5,7H2,(H,16,18,19);1-2,5,11H,3-4,6-7,15H2,(H,16,18,19);1-2,5,10H,3-4,6H2,(H,15,17,18);2-4H,5H2,1H3;3-5H,1-2H3;3H,1-2,6H2,(H,7,8,9);1H. The molecule has 7 aliphatic rings. The SMILES string of the molecule is COC(=O)c1ccc(Br)cc1C.COC(=O)c1ccc(Br)cc1CBr.Cl.NC1CCC(=O)NC1=O.NCc1ccc2c(c1)C(=O)N(C1CCC(=O)NC1=O)C2.O=C1CCC(N2Cc3cc(Br)ccc3C2=O)C(=O)N1.[C-]#[N+]c1ccc2c(c1)CN(C1CCC(=O)NC1=O)C2=O. The van der Waals surface area contributed by atoms with Gasteiger partial charge < -0.3 is 35.6 Å². The minimum atomic E-state index is -0.607. The average molecular weight is 1570 g/mol. The van der Waals surface area contributed by atoms with Crippen LogP contribution in [0.1, 0.15) is 137 Å². The fraction of sp³-hybridized carbons (Fsp3) is 0.312. The number of carbonyl (C=O) groups is 13. The number of nitrogens with zero attached hydrogens (tertiary/aromatic N) is 4. The Morgan fingerprint density at radius 1 is 0.532 bits per heavy atom. The molecule has 494 valence electrons. The normalized spacial score (nSPS) is 19.0. The molecule has 25 nitrogen and oxygen atoms in total. The first kappa shape index (κ1) is 74.7. The molecule has 0 spiro atoms. The molecule has 7 heterocycles. The lowest BCUT2D eigenvalue weighted by Gasteiger charge is -2.29. The summed E-state index contributed by atoms with van der Waals surface area (Å²) in [4.78, 5) is 157. The van der Waals surface area contributed by atoms with Crippen LogP contribution in [0.15, 0.2) is 104 Å². The van der Waals surface area contributed by atoms with Gasteiger partial charge in [-0.25, -0.2) is 14.4 Å². The Bertz CT molecular complexity index is 3920. The number of hydrogen-bond acceptors (Lipinski definition) is 17. The average Bonchev–Trinajstić information content (AvgIpc) is 1.66. The molecular formula is C64H63Br4ClN10O15. The van der Waals surface area contributed by atoms with E-state index in [4.69, 9.17) is 18.0 Å². The summed E-state index contributed by atoms with van der Waals surface area (Å²) in [6.45, 7) is 10.4. The summed E-state index contributed by atoms with van der Waals surface area (Å²) >= 11 is 13.3. The van der Waals surface area contributed by atoms with Crippen LogP contribution < -0.4 is 32.7 Å². The van der Waals surface area contributed by atoms with E-state index in [1.54, 1.807) is 47.4 Å². The van der Waals surface area contributed by atoms with Crippen LogP contribution >= 0.6 is 76.1 Å². The van der Waals surface area contributed by atoms with Crippen molar-refractivity contribution in [3.05, 3.63) is 177 Å². The Kier molecular flexibility index (Phi) is 27.1. The highest BCUT2D eigenvalue weighted by atomic mass is 79.9. The third kappa shape index (κ3) is 18.7. The van der Waals surface area contributed by atoms with Gasteiger partial charge in [0.2, 0.25) is 47.3 Å². The van der Waals surface area contributed by atoms with Crippen molar-refractivity contribution in [3.63, 3.8) is 0 Å². The van der Waals surface area contributed by atoms with Crippen LogP contribution in [0.3, 0.4) is 0 Å². The molecule has 11 amide bonds. The number of rotatable bonds is 7. The van der Waals surface area contributed by atoms with E-state index in [-0.39, 0.29) is 103 Å². The topological polar surface area (TPSA) is 355 Å². The molecule has 4 unspecified atom stereocenters. The molecular weight excluding hydrogens is 1500 g/mol. The van der Waals surface area contributed by atoms with Gasteiger partial charge in [-0.05, 0) is 127 Å². The van der Waals surface area contributed by atoms with Crippen LogP contribution in [-0.2, 0) is 79.3 Å². The zero-order valence-electron chi connectivity index (χ0n) is 50.6. The number of aryl methyl sites for hydroxylation is 1. The number of amides is 11. The summed E-state index contributed by atoms with van der Waals surface area (Å²) in [6.07, 6.45) is 2.76. The molecule has 5 aromatic rings. The lowest BCUT2D eigenvalue weighted by atomic mass is 10.0. The number of carbonyl (C=O) groups excluding carboxylic acids is 13. The van der Waals surface area contributed by atoms with E-state index in [1.807, 2.05) is 55.5 Å².